The van der Waals surface area contributed by atoms with E-state index < -0.39 is 11.4 Å². The highest BCUT2D eigenvalue weighted by molar-refractivity contribution is 9.10. The van der Waals surface area contributed by atoms with Gasteiger partial charge in [-0.1, -0.05) is 43.2 Å². The van der Waals surface area contributed by atoms with E-state index in [1.165, 1.54) is 0 Å². The zero-order valence-electron chi connectivity index (χ0n) is 20.8. The van der Waals surface area contributed by atoms with Crippen molar-refractivity contribution in [3.63, 3.8) is 0 Å². The number of H-pyrrole nitrogens is 1. The Balaban J connectivity index is 1.27. The number of tetrazole rings is 1. The van der Waals surface area contributed by atoms with Gasteiger partial charge in [-0.15, -0.1) is 10.2 Å². The lowest BCUT2D eigenvalue weighted by molar-refractivity contribution is -0.151. The first-order valence-corrected chi connectivity index (χ1v) is 13.8. The van der Waals surface area contributed by atoms with Crippen molar-refractivity contribution in [2.75, 3.05) is 6.54 Å². The molecule has 6 rings (SSSR count). The molecule has 2 saturated carbocycles. The molecule has 0 unspecified atom stereocenters. The Labute approximate surface area is 227 Å². The first-order valence-electron chi connectivity index (χ1n) is 13.0. The number of nitrogens with one attached hydrogen (secondary N) is 1. The number of fused-ring (bicyclic) bond motifs is 1. The maximum Gasteiger partial charge on any atom is 0.311 e. The number of amides is 1. The highest BCUT2D eigenvalue weighted by Crippen LogP contribution is 2.41. The van der Waals surface area contributed by atoms with Crippen molar-refractivity contribution in [2.45, 2.75) is 51.5 Å². The fourth-order valence-corrected chi connectivity index (χ4v) is 6.08. The third-order valence-corrected chi connectivity index (χ3v) is 8.62. The molecule has 2 aromatic carbocycles. The van der Waals surface area contributed by atoms with Crippen molar-refractivity contribution < 1.29 is 19.1 Å². The molecular weight excluding hydrogens is 550 g/mol. The van der Waals surface area contributed by atoms with Gasteiger partial charge in [0.2, 0.25) is 11.7 Å². The highest BCUT2D eigenvalue weighted by Gasteiger charge is 2.44. The number of benzene rings is 2. The lowest BCUT2D eigenvalue weighted by Gasteiger charge is -2.32. The van der Waals surface area contributed by atoms with Crippen LogP contribution in [0.2, 0.25) is 0 Å². The van der Waals surface area contributed by atoms with E-state index in [1.54, 1.807) is 4.90 Å². The average molecular weight is 578 g/mol. The second kappa shape index (κ2) is 9.98. The van der Waals surface area contributed by atoms with E-state index in [2.05, 4.69) is 36.6 Å². The number of carbonyl (C=O) groups is 2. The van der Waals surface area contributed by atoms with Crippen LogP contribution >= 0.6 is 15.9 Å². The number of hydrogen-bond acceptors (Lipinski definition) is 6. The van der Waals surface area contributed by atoms with Crippen LogP contribution in [-0.4, -0.2) is 49.1 Å². The number of rotatable bonds is 9. The highest BCUT2D eigenvalue weighted by atomic mass is 79.9. The lowest BCUT2D eigenvalue weighted by Crippen LogP contribution is -2.44. The Morgan fingerprint density at radius 1 is 1.11 bits per heavy atom. The standard InChI is InChI=1S/C28H28BrN5O4/c29-24-21-13-18(15-34(23(35)14-17-3-4-17)16-28(27(36)37)11-1-2-12-28)5-10-22(21)38-25(24)19-6-8-20(9-7-19)26-30-32-33-31-26/h5-10,13,17H,1-4,11-12,14-16H2,(H,36,37)(H,30,31,32,33). The van der Waals surface area contributed by atoms with Gasteiger partial charge in [-0.25, -0.2) is 0 Å². The van der Waals surface area contributed by atoms with Gasteiger partial charge >= 0.3 is 5.97 Å². The second-order valence-corrected chi connectivity index (χ2v) is 11.4. The molecule has 2 aliphatic carbocycles. The molecule has 0 aliphatic heterocycles. The fourth-order valence-electron chi connectivity index (χ4n) is 5.46. The molecule has 196 valence electrons. The monoisotopic (exact) mass is 577 g/mol. The number of carboxylic acid groups (broad SMARTS) is 1. The van der Waals surface area contributed by atoms with E-state index in [4.69, 9.17) is 4.42 Å². The van der Waals surface area contributed by atoms with Gasteiger partial charge in [0.05, 0.1) is 9.89 Å². The zero-order chi connectivity index (χ0) is 26.3. The Bertz CT molecular complexity index is 1470. The molecule has 0 bridgehead atoms. The largest absolute Gasteiger partial charge is 0.481 e. The molecule has 10 heteroatoms. The van der Waals surface area contributed by atoms with Crippen molar-refractivity contribution in [1.29, 1.82) is 0 Å². The Morgan fingerprint density at radius 3 is 2.50 bits per heavy atom. The summed E-state index contributed by atoms with van der Waals surface area (Å²) in [7, 11) is 0. The summed E-state index contributed by atoms with van der Waals surface area (Å²) in [5.74, 6) is 0.923. The van der Waals surface area contributed by atoms with Crippen LogP contribution in [0, 0.1) is 11.3 Å². The Morgan fingerprint density at radius 2 is 1.84 bits per heavy atom. The zero-order valence-corrected chi connectivity index (χ0v) is 22.4. The van der Waals surface area contributed by atoms with Gasteiger partial charge < -0.3 is 14.4 Å². The summed E-state index contributed by atoms with van der Waals surface area (Å²) >= 11 is 3.72. The van der Waals surface area contributed by atoms with Gasteiger partial charge in [0.1, 0.15) is 11.3 Å². The second-order valence-electron chi connectivity index (χ2n) is 10.6. The van der Waals surface area contributed by atoms with Crippen LogP contribution in [0.1, 0.15) is 50.5 Å². The van der Waals surface area contributed by atoms with E-state index in [0.29, 0.717) is 43.3 Å². The normalized spacial score (nSPS) is 16.7. The van der Waals surface area contributed by atoms with Crippen molar-refractivity contribution >= 4 is 38.8 Å². The van der Waals surface area contributed by atoms with Crippen molar-refractivity contribution in [3.8, 4) is 22.7 Å². The van der Waals surface area contributed by atoms with Gasteiger partial charge in [0, 0.05) is 36.0 Å². The molecule has 4 aromatic rings. The summed E-state index contributed by atoms with van der Waals surface area (Å²) in [5, 5.41) is 25.0. The molecule has 2 fully saturated rings. The Hall–Kier alpha value is -3.53. The maximum absolute atomic E-state index is 13.3. The first-order chi connectivity index (χ1) is 18.4. The average Bonchev–Trinajstić information content (AvgIpc) is 3.28. The summed E-state index contributed by atoms with van der Waals surface area (Å²) < 4.78 is 7.01. The summed E-state index contributed by atoms with van der Waals surface area (Å²) in [4.78, 5) is 27.3. The molecule has 0 saturated heterocycles. The molecule has 0 spiro atoms. The topological polar surface area (TPSA) is 125 Å². The predicted octanol–water partition coefficient (Wildman–Crippen LogP) is 5.82. The number of aromatic amines is 1. The maximum atomic E-state index is 13.3. The van der Waals surface area contributed by atoms with E-state index in [0.717, 1.165) is 57.8 Å². The minimum Gasteiger partial charge on any atom is -0.481 e. The molecule has 0 radical (unpaired) electrons. The molecular formula is C28H28BrN5O4. The fraction of sp³-hybridized carbons (Fsp3) is 0.393. The number of carbonyl (C=O) groups excluding carboxylic acids is 1. The van der Waals surface area contributed by atoms with Gasteiger partial charge in [-0.05, 0) is 70.4 Å². The third kappa shape index (κ3) is 4.84. The number of hydrogen-bond donors (Lipinski definition) is 2. The van der Waals surface area contributed by atoms with Gasteiger partial charge in [0.25, 0.3) is 0 Å². The quantitative estimate of drug-likeness (QED) is 0.257. The molecule has 2 aliphatic rings. The smallest absolute Gasteiger partial charge is 0.311 e. The van der Waals surface area contributed by atoms with Gasteiger partial charge in [0.15, 0.2) is 0 Å². The molecule has 9 nitrogen and oxygen atoms in total. The Kier molecular flexibility index (Phi) is 6.51. The van der Waals surface area contributed by atoms with Crippen LogP contribution in [-0.2, 0) is 16.1 Å². The van der Waals surface area contributed by atoms with Crippen molar-refractivity contribution in [3.05, 3.63) is 52.5 Å². The molecule has 2 heterocycles. The predicted molar refractivity (Wildman–Crippen MR) is 144 cm³/mol. The van der Waals surface area contributed by atoms with Crippen LogP contribution in [0.25, 0.3) is 33.7 Å². The summed E-state index contributed by atoms with van der Waals surface area (Å²) in [6.07, 6.45) is 5.69. The van der Waals surface area contributed by atoms with E-state index >= 15 is 0 Å². The number of furan rings is 1. The van der Waals surface area contributed by atoms with E-state index in [9.17, 15) is 14.7 Å². The molecule has 1 amide bonds. The van der Waals surface area contributed by atoms with E-state index in [-0.39, 0.29) is 12.5 Å². The number of nitrogens with zero attached hydrogens (tertiary/aromatic N) is 4. The number of carboxylic acids is 1. The van der Waals surface area contributed by atoms with Crippen LogP contribution < -0.4 is 0 Å². The molecule has 0 atom stereocenters. The van der Waals surface area contributed by atoms with Crippen LogP contribution in [0.3, 0.4) is 0 Å². The van der Waals surface area contributed by atoms with Gasteiger partial charge in [-0.2, -0.15) is 5.21 Å². The third-order valence-electron chi connectivity index (χ3n) is 7.84. The molecule has 2 N–H and O–H groups in total. The first kappa shape index (κ1) is 24.8. The summed E-state index contributed by atoms with van der Waals surface area (Å²) in [6, 6.07) is 13.6. The van der Waals surface area contributed by atoms with Crippen molar-refractivity contribution in [2.24, 2.45) is 11.3 Å². The molecule has 38 heavy (non-hydrogen) atoms. The van der Waals surface area contributed by atoms with Crippen LogP contribution in [0.5, 0.6) is 0 Å². The number of halogens is 1. The van der Waals surface area contributed by atoms with Crippen LogP contribution in [0.4, 0.5) is 0 Å². The van der Waals surface area contributed by atoms with Gasteiger partial charge in [-0.3, -0.25) is 9.59 Å². The lowest BCUT2D eigenvalue weighted by atomic mass is 9.85. The SMILES string of the molecule is O=C(CC1CC1)N(Cc1ccc2oc(-c3ccc(-c4nn[nH]n4)cc3)c(Br)c2c1)CC1(C(=O)O)CCCC1. The van der Waals surface area contributed by atoms with E-state index in [1.807, 2.05) is 42.5 Å². The van der Waals surface area contributed by atoms with Crippen LogP contribution in [0.15, 0.2) is 51.4 Å². The number of aliphatic carboxylic acids is 1. The summed E-state index contributed by atoms with van der Waals surface area (Å²) in [6.45, 7) is 0.638. The minimum atomic E-state index is -0.847. The number of aromatic nitrogens is 4. The summed E-state index contributed by atoms with van der Waals surface area (Å²) in [5.41, 5.74) is 2.56. The minimum absolute atomic E-state index is 0.0498. The van der Waals surface area contributed by atoms with Crippen molar-refractivity contribution in [1.82, 2.24) is 25.5 Å². The molecule has 2 aromatic heterocycles.